The Morgan fingerprint density at radius 3 is 2.48 bits per heavy atom. The summed E-state index contributed by atoms with van der Waals surface area (Å²) in [6.45, 7) is 5.49. The number of hydrogen-bond acceptors (Lipinski definition) is 3. The van der Waals surface area contributed by atoms with Gasteiger partial charge < -0.3 is 15.0 Å². The number of carbonyl (C=O) groups is 1. The largest absolute Gasteiger partial charge is 0.496 e. The highest BCUT2D eigenvalue weighted by Gasteiger charge is 2.45. The quantitative estimate of drug-likeness (QED) is 0.921. The summed E-state index contributed by atoms with van der Waals surface area (Å²) in [5.74, 6) is 1.20. The van der Waals surface area contributed by atoms with Gasteiger partial charge in [0.2, 0.25) is 5.91 Å². The van der Waals surface area contributed by atoms with E-state index in [1.165, 1.54) is 0 Å². The van der Waals surface area contributed by atoms with Gasteiger partial charge in [0.25, 0.3) is 0 Å². The molecule has 1 saturated carbocycles. The fourth-order valence-electron chi connectivity index (χ4n) is 3.89. The molecule has 2 aliphatic rings. The predicted molar refractivity (Wildman–Crippen MR) is 94.6 cm³/mol. The second-order valence-corrected chi connectivity index (χ2v) is 6.52. The summed E-state index contributed by atoms with van der Waals surface area (Å²) >= 11 is 0. The number of piperazine rings is 1. The van der Waals surface area contributed by atoms with E-state index in [1.54, 1.807) is 7.11 Å². The fourth-order valence-corrected chi connectivity index (χ4v) is 3.89. The van der Waals surface area contributed by atoms with Crippen LogP contribution in [-0.4, -0.2) is 44.1 Å². The Bertz CT molecular complexity index is 550. The lowest BCUT2D eigenvalue weighted by Gasteiger charge is -2.37. The summed E-state index contributed by atoms with van der Waals surface area (Å²) < 4.78 is 5.48. The number of benzene rings is 1. The van der Waals surface area contributed by atoms with Crippen molar-refractivity contribution in [2.24, 2.45) is 0 Å². The molecule has 23 heavy (non-hydrogen) atoms. The lowest BCUT2D eigenvalue weighted by atomic mass is 9.77. The maximum absolute atomic E-state index is 13.3. The van der Waals surface area contributed by atoms with Gasteiger partial charge in [-0.2, -0.15) is 0 Å². The molecule has 1 saturated heterocycles. The summed E-state index contributed by atoms with van der Waals surface area (Å²) in [5.41, 5.74) is 1.92. The standard InChI is InChI=1S/C18H26N2O2.ClH/c1-14-5-6-15(13-16(14)22-2)18(7-3-4-8-18)17(21)20-11-9-19-10-12-20;/h5-6,13,19H,3-4,7-12H2,1-2H3;1H. The molecule has 1 aliphatic heterocycles. The van der Waals surface area contributed by atoms with E-state index in [0.29, 0.717) is 5.91 Å². The molecule has 4 nitrogen and oxygen atoms in total. The second-order valence-electron chi connectivity index (χ2n) is 6.52. The van der Waals surface area contributed by atoms with E-state index in [9.17, 15) is 4.79 Å². The van der Waals surface area contributed by atoms with Crippen LogP contribution in [0.25, 0.3) is 0 Å². The Kier molecular flexibility index (Phi) is 5.93. The van der Waals surface area contributed by atoms with E-state index in [2.05, 4.69) is 23.5 Å². The minimum Gasteiger partial charge on any atom is -0.496 e. The molecule has 128 valence electrons. The zero-order chi connectivity index (χ0) is 15.6. The number of rotatable bonds is 3. The summed E-state index contributed by atoms with van der Waals surface area (Å²) in [5, 5.41) is 3.32. The van der Waals surface area contributed by atoms with Crippen molar-refractivity contribution in [3.63, 3.8) is 0 Å². The van der Waals surface area contributed by atoms with Crippen LogP contribution in [0.1, 0.15) is 36.8 Å². The Labute approximate surface area is 145 Å². The molecule has 3 rings (SSSR count). The van der Waals surface area contributed by atoms with Crippen molar-refractivity contribution >= 4 is 18.3 Å². The molecule has 1 N–H and O–H groups in total. The maximum Gasteiger partial charge on any atom is 0.233 e. The van der Waals surface area contributed by atoms with E-state index in [0.717, 1.165) is 68.7 Å². The van der Waals surface area contributed by atoms with Crippen LogP contribution < -0.4 is 10.1 Å². The second kappa shape index (κ2) is 7.54. The average Bonchev–Trinajstić information content (AvgIpc) is 3.06. The lowest BCUT2D eigenvalue weighted by molar-refractivity contribution is -0.138. The third kappa shape index (κ3) is 3.33. The average molecular weight is 339 g/mol. The summed E-state index contributed by atoms with van der Waals surface area (Å²) in [6, 6.07) is 6.29. The molecular formula is C18H27ClN2O2. The monoisotopic (exact) mass is 338 g/mol. The first-order chi connectivity index (χ1) is 10.7. The number of aryl methyl sites for hydroxylation is 1. The molecule has 0 radical (unpaired) electrons. The highest BCUT2D eigenvalue weighted by Crippen LogP contribution is 2.44. The van der Waals surface area contributed by atoms with Crippen molar-refractivity contribution in [2.75, 3.05) is 33.3 Å². The van der Waals surface area contributed by atoms with E-state index in [1.807, 2.05) is 11.8 Å². The molecule has 2 fully saturated rings. The van der Waals surface area contributed by atoms with Crippen LogP contribution in [0.3, 0.4) is 0 Å². The molecule has 1 aromatic rings. The third-order valence-electron chi connectivity index (χ3n) is 5.23. The van der Waals surface area contributed by atoms with Crippen LogP contribution >= 0.6 is 12.4 Å². The van der Waals surface area contributed by atoms with Gasteiger partial charge in [0, 0.05) is 26.2 Å². The minimum atomic E-state index is -0.335. The summed E-state index contributed by atoms with van der Waals surface area (Å²) in [4.78, 5) is 15.3. The van der Waals surface area contributed by atoms with Crippen molar-refractivity contribution < 1.29 is 9.53 Å². The smallest absolute Gasteiger partial charge is 0.233 e. The van der Waals surface area contributed by atoms with Gasteiger partial charge in [-0.1, -0.05) is 25.0 Å². The highest BCUT2D eigenvalue weighted by atomic mass is 35.5. The van der Waals surface area contributed by atoms with Gasteiger partial charge in [0.1, 0.15) is 5.75 Å². The number of carbonyl (C=O) groups excluding carboxylic acids is 1. The molecular weight excluding hydrogens is 312 g/mol. The molecule has 0 bridgehead atoms. The molecule has 0 atom stereocenters. The van der Waals surface area contributed by atoms with Crippen LogP contribution in [0.5, 0.6) is 5.75 Å². The van der Waals surface area contributed by atoms with Gasteiger partial charge in [0.15, 0.2) is 0 Å². The van der Waals surface area contributed by atoms with Crippen LogP contribution in [0.4, 0.5) is 0 Å². The van der Waals surface area contributed by atoms with E-state index >= 15 is 0 Å². The van der Waals surface area contributed by atoms with Crippen LogP contribution in [0.15, 0.2) is 18.2 Å². The van der Waals surface area contributed by atoms with Gasteiger partial charge in [0.05, 0.1) is 12.5 Å². The number of hydrogen-bond donors (Lipinski definition) is 1. The van der Waals surface area contributed by atoms with Crippen LogP contribution in [0, 0.1) is 6.92 Å². The molecule has 0 spiro atoms. The Morgan fingerprint density at radius 2 is 1.87 bits per heavy atom. The zero-order valence-corrected chi connectivity index (χ0v) is 14.9. The molecule has 0 unspecified atom stereocenters. The van der Waals surface area contributed by atoms with Crippen molar-refractivity contribution in [1.82, 2.24) is 10.2 Å². The number of halogens is 1. The number of nitrogens with zero attached hydrogens (tertiary/aromatic N) is 1. The minimum absolute atomic E-state index is 0. The third-order valence-corrected chi connectivity index (χ3v) is 5.23. The molecule has 1 heterocycles. The van der Waals surface area contributed by atoms with E-state index < -0.39 is 0 Å². The summed E-state index contributed by atoms with van der Waals surface area (Å²) in [6.07, 6.45) is 4.19. The van der Waals surface area contributed by atoms with Gasteiger partial charge in [-0.05, 0) is 37.0 Å². The van der Waals surface area contributed by atoms with Crippen LogP contribution in [0.2, 0.25) is 0 Å². The van der Waals surface area contributed by atoms with E-state index in [-0.39, 0.29) is 17.8 Å². The number of ether oxygens (including phenoxy) is 1. The van der Waals surface area contributed by atoms with Crippen molar-refractivity contribution in [2.45, 2.75) is 38.0 Å². The number of methoxy groups -OCH3 is 1. The SMILES string of the molecule is COc1cc(C2(C(=O)N3CCNCC3)CCCC2)ccc1C.Cl. The molecule has 1 aromatic carbocycles. The van der Waals surface area contributed by atoms with Gasteiger partial charge in [-0.15, -0.1) is 12.4 Å². The van der Waals surface area contributed by atoms with Crippen molar-refractivity contribution in [3.05, 3.63) is 29.3 Å². The first kappa shape index (κ1) is 18.1. The molecule has 1 aliphatic carbocycles. The van der Waals surface area contributed by atoms with E-state index in [4.69, 9.17) is 4.74 Å². The Hall–Kier alpha value is -1.26. The first-order valence-electron chi connectivity index (χ1n) is 8.32. The number of nitrogens with one attached hydrogen (secondary N) is 1. The maximum atomic E-state index is 13.3. The zero-order valence-electron chi connectivity index (χ0n) is 14.1. The molecule has 5 heteroatoms. The Balaban J connectivity index is 0.00000192. The first-order valence-corrected chi connectivity index (χ1v) is 8.32. The summed E-state index contributed by atoms with van der Waals surface area (Å²) in [7, 11) is 1.70. The van der Waals surface area contributed by atoms with Gasteiger partial charge in [-0.3, -0.25) is 4.79 Å². The normalized spacial score (nSPS) is 20.0. The van der Waals surface area contributed by atoms with Gasteiger partial charge in [-0.25, -0.2) is 0 Å². The van der Waals surface area contributed by atoms with Crippen molar-refractivity contribution in [3.8, 4) is 5.75 Å². The highest BCUT2D eigenvalue weighted by molar-refractivity contribution is 5.89. The van der Waals surface area contributed by atoms with Crippen molar-refractivity contribution in [1.29, 1.82) is 0 Å². The molecule has 0 aromatic heterocycles. The fraction of sp³-hybridized carbons (Fsp3) is 0.611. The lowest BCUT2D eigenvalue weighted by Crippen LogP contribution is -2.52. The topological polar surface area (TPSA) is 41.6 Å². The predicted octanol–water partition coefficient (Wildman–Crippen LogP) is 2.67. The number of amides is 1. The van der Waals surface area contributed by atoms with Crippen LogP contribution in [-0.2, 0) is 10.2 Å². The van der Waals surface area contributed by atoms with Gasteiger partial charge >= 0.3 is 0 Å². The molecule has 1 amide bonds. The Morgan fingerprint density at radius 1 is 1.22 bits per heavy atom.